The van der Waals surface area contributed by atoms with Crippen LogP contribution in [0.15, 0.2) is 24.5 Å². The van der Waals surface area contributed by atoms with Gasteiger partial charge < -0.3 is 5.11 Å². The molecule has 1 heterocycles. The molecule has 84 valence electrons. The van der Waals surface area contributed by atoms with Crippen molar-refractivity contribution in [3.8, 4) is 0 Å². The molecule has 0 fully saturated rings. The van der Waals surface area contributed by atoms with Crippen molar-refractivity contribution >= 4 is 17.0 Å². The minimum absolute atomic E-state index is 0.0191. The average Bonchev–Trinajstić information content (AvgIpc) is 2.59. The number of hydrogen-bond acceptors (Lipinski definition) is 2. The van der Waals surface area contributed by atoms with E-state index < -0.39 is 12.3 Å². The Bertz CT molecular complexity index is 559. The molecule has 0 aliphatic carbocycles. The summed E-state index contributed by atoms with van der Waals surface area (Å²) in [5.41, 5.74) is -0.694. The van der Waals surface area contributed by atoms with Crippen molar-refractivity contribution in [3.63, 3.8) is 0 Å². The van der Waals surface area contributed by atoms with Crippen molar-refractivity contribution in [3.05, 3.63) is 30.1 Å². The van der Waals surface area contributed by atoms with Gasteiger partial charge in [0.25, 0.3) is 0 Å². The lowest BCUT2D eigenvalue weighted by Crippen LogP contribution is -2.15. The van der Waals surface area contributed by atoms with Crippen molar-refractivity contribution in [2.75, 3.05) is 0 Å². The Balaban J connectivity index is 2.76. The first-order chi connectivity index (χ1) is 7.41. The number of imidazole rings is 1. The normalized spacial score (nSPS) is 11.9. The van der Waals surface area contributed by atoms with Crippen LogP contribution in [0, 0.1) is 0 Å². The zero-order valence-electron chi connectivity index (χ0n) is 7.69. The lowest BCUT2D eigenvalue weighted by molar-refractivity contribution is -0.201. The highest BCUT2D eigenvalue weighted by atomic mass is 19.4. The number of benzene rings is 1. The van der Waals surface area contributed by atoms with Gasteiger partial charge in [0.1, 0.15) is 11.8 Å². The van der Waals surface area contributed by atoms with Gasteiger partial charge in [0.05, 0.1) is 11.1 Å². The molecule has 0 atom stereocenters. The van der Waals surface area contributed by atoms with Gasteiger partial charge in [-0.3, -0.25) is 0 Å². The maximum atomic E-state index is 12.5. The van der Waals surface area contributed by atoms with E-state index in [0.29, 0.717) is 6.33 Å². The first-order valence-electron chi connectivity index (χ1n) is 4.18. The molecule has 0 amide bonds. The third-order valence-corrected chi connectivity index (χ3v) is 2.08. The second kappa shape index (κ2) is 3.22. The SMILES string of the molecule is O=C(O)c1cccc2c1ncn2C(F)(F)F. The molecule has 0 unspecified atom stereocenters. The van der Waals surface area contributed by atoms with Gasteiger partial charge in [0.2, 0.25) is 0 Å². The summed E-state index contributed by atoms with van der Waals surface area (Å²) in [5.74, 6) is -1.31. The molecule has 7 heteroatoms. The van der Waals surface area contributed by atoms with Crippen LogP contribution in [-0.2, 0) is 6.30 Å². The zero-order valence-corrected chi connectivity index (χ0v) is 7.69. The highest BCUT2D eigenvalue weighted by Gasteiger charge is 2.32. The lowest BCUT2D eigenvalue weighted by atomic mass is 10.2. The number of carboxylic acid groups (broad SMARTS) is 1. The molecule has 0 bridgehead atoms. The third-order valence-electron chi connectivity index (χ3n) is 2.08. The number of nitrogens with zero attached hydrogens (tertiary/aromatic N) is 2. The van der Waals surface area contributed by atoms with Gasteiger partial charge in [-0.25, -0.2) is 14.3 Å². The second-order valence-corrected chi connectivity index (χ2v) is 3.06. The van der Waals surface area contributed by atoms with Gasteiger partial charge in [-0.15, -0.1) is 13.2 Å². The van der Waals surface area contributed by atoms with Crippen molar-refractivity contribution in [1.29, 1.82) is 0 Å². The predicted molar refractivity (Wildman–Crippen MR) is 48.0 cm³/mol. The molecule has 1 aromatic carbocycles. The molecule has 0 aliphatic rings. The minimum Gasteiger partial charge on any atom is -0.478 e. The fourth-order valence-corrected chi connectivity index (χ4v) is 1.41. The Morgan fingerprint density at radius 2 is 2.06 bits per heavy atom. The summed E-state index contributed by atoms with van der Waals surface area (Å²) in [6, 6.07) is 3.62. The van der Waals surface area contributed by atoms with E-state index >= 15 is 0 Å². The number of rotatable bonds is 1. The first-order valence-corrected chi connectivity index (χ1v) is 4.18. The lowest BCUT2D eigenvalue weighted by Gasteiger charge is -2.07. The fourth-order valence-electron chi connectivity index (χ4n) is 1.41. The van der Waals surface area contributed by atoms with E-state index in [9.17, 15) is 18.0 Å². The second-order valence-electron chi connectivity index (χ2n) is 3.06. The predicted octanol–water partition coefficient (Wildman–Crippen LogP) is 2.21. The van der Waals surface area contributed by atoms with E-state index in [4.69, 9.17) is 5.11 Å². The maximum absolute atomic E-state index is 12.5. The summed E-state index contributed by atoms with van der Waals surface area (Å²) >= 11 is 0. The minimum atomic E-state index is -4.61. The Labute approximate surface area is 86.9 Å². The van der Waals surface area contributed by atoms with E-state index in [1.807, 2.05) is 0 Å². The number of para-hydroxylation sites is 1. The molecular formula is C9H5F3N2O2. The summed E-state index contributed by atoms with van der Waals surface area (Å²) in [6.07, 6.45) is -4.04. The van der Waals surface area contributed by atoms with E-state index in [-0.39, 0.29) is 21.2 Å². The Kier molecular flexibility index (Phi) is 2.11. The molecule has 0 spiro atoms. The van der Waals surface area contributed by atoms with Crippen molar-refractivity contribution in [2.45, 2.75) is 6.30 Å². The Morgan fingerprint density at radius 1 is 1.38 bits per heavy atom. The van der Waals surface area contributed by atoms with Gasteiger partial charge in [0.15, 0.2) is 0 Å². The molecular weight excluding hydrogens is 225 g/mol. The maximum Gasteiger partial charge on any atom is 0.490 e. The zero-order chi connectivity index (χ0) is 11.9. The van der Waals surface area contributed by atoms with Crippen molar-refractivity contribution in [1.82, 2.24) is 9.55 Å². The number of aromatic carboxylic acids is 1. The standard InChI is InChI=1S/C9H5F3N2O2/c10-9(11,12)14-4-13-7-5(8(15)16)2-1-3-6(7)14/h1-4H,(H,15,16). The summed E-state index contributed by atoms with van der Waals surface area (Å²) in [6.45, 7) is 0. The van der Waals surface area contributed by atoms with Gasteiger partial charge in [0, 0.05) is 0 Å². The number of aromatic nitrogens is 2. The van der Waals surface area contributed by atoms with Gasteiger partial charge in [-0.05, 0) is 12.1 Å². The Morgan fingerprint density at radius 3 is 2.62 bits per heavy atom. The van der Waals surface area contributed by atoms with E-state index in [2.05, 4.69) is 4.98 Å². The van der Waals surface area contributed by atoms with Gasteiger partial charge >= 0.3 is 12.3 Å². The molecule has 2 rings (SSSR count). The van der Waals surface area contributed by atoms with Crippen LogP contribution in [0.4, 0.5) is 13.2 Å². The number of halogens is 3. The highest BCUT2D eigenvalue weighted by molar-refractivity contribution is 6.00. The van der Waals surface area contributed by atoms with Crippen LogP contribution in [0.5, 0.6) is 0 Å². The van der Waals surface area contributed by atoms with Crippen molar-refractivity contribution < 1.29 is 23.1 Å². The van der Waals surface area contributed by atoms with Crippen LogP contribution in [0.2, 0.25) is 0 Å². The quantitative estimate of drug-likeness (QED) is 0.817. The summed E-state index contributed by atoms with van der Waals surface area (Å²) in [7, 11) is 0. The smallest absolute Gasteiger partial charge is 0.478 e. The number of fused-ring (bicyclic) bond motifs is 1. The van der Waals surface area contributed by atoms with Crippen molar-refractivity contribution in [2.24, 2.45) is 0 Å². The molecule has 1 aromatic heterocycles. The number of carboxylic acids is 1. The van der Waals surface area contributed by atoms with Crippen LogP contribution < -0.4 is 0 Å². The third kappa shape index (κ3) is 1.50. The average molecular weight is 230 g/mol. The summed E-state index contributed by atoms with van der Waals surface area (Å²) in [4.78, 5) is 14.2. The summed E-state index contributed by atoms with van der Waals surface area (Å²) in [5, 5.41) is 8.76. The van der Waals surface area contributed by atoms with E-state index in [1.165, 1.54) is 18.2 Å². The molecule has 1 N–H and O–H groups in total. The molecule has 0 saturated carbocycles. The van der Waals surface area contributed by atoms with Crippen LogP contribution in [0.1, 0.15) is 10.4 Å². The van der Waals surface area contributed by atoms with Gasteiger partial charge in [-0.1, -0.05) is 6.07 Å². The highest BCUT2D eigenvalue weighted by Crippen LogP contribution is 2.28. The summed E-state index contributed by atoms with van der Waals surface area (Å²) < 4.78 is 37.4. The van der Waals surface area contributed by atoms with Crippen LogP contribution in [0.3, 0.4) is 0 Å². The molecule has 0 radical (unpaired) electrons. The molecule has 0 saturated heterocycles. The molecule has 0 aliphatic heterocycles. The van der Waals surface area contributed by atoms with Crippen LogP contribution in [-0.4, -0.2) is 20.6 Å². The molecule has 2 aromatic rings. The fraction of sp³-hybridized carbons (Fsp3) is 0.111. The number of carbonyl (C=O) groups is 1. The topological polar surface area (TPSA) is 55.1 Å². The number of alkyl halides is 3. The monoisotopic (exact) mass is 230 g/mol. The molecule has 16 heavy (non-hydrogen) atoms. The van der Waals surface area contributed by atoms with E-state index in [1.54, 1.807) is 0 Å². The van der Waals surface area contributed by atoms with Crippen LogP contribution in [0.25, 0.3) is 11.0 Å². The van der Waals surface area contributed by atoms with Gasteiger partial charge in [-0.2, -0.15) is 0 Å². The Hall–Kier alpha value is -2.05. The molecule has 4 nitrogen and oxygen atoms in total. The largest absolute Gasteiger partial charge is 0.490 e. The first kappa shape index (κ1) is 10.5. The number of hydrogen-bond donors (Lipinski definition) is 1. The van der Waals surface area contributed by atoms with E-state index in [0.717, 1.165) is 0 Å². The van der Waals surface area contributed by atoms with Crippen LogP contribution >= 0.6 is 0 Å².